The molecule has 1 aliphatic rings. The zero-order valence-corrected chi connectivity index (χ0v) is 12.0. The molecule has 7 nitrogen and oxygen atoms in total. The van der Waals surface area contributed by atoms with Crippen LogP contribution in [0.25, 0.3) is 0 Å². The minimum absolute atomic E-state index is 0.0968. The Morgan fingerprint density at radius 1 is 1.43 bits per heavy atom. The van der Waals surface area contributed by atoms with Crippen LogP contribution in [0.4, 0.5) is 5.69 Å². The molecule has 1 aromatic rings. The van der Waals surface area contributed by atoms with E-state index in [1.54, 1.807) is 0 Å². The Morgan fingerprint density at radius 3 is 2.76 bits per heavy atom. The van der Waals surface area contributed by atoms with E-state index in [2.05, 4.69) is 10.2 Å². The molecule has 1 aromatic carbocycles. The van der Waals surface area contributed by atoms with Crippen molar-refractivity contribution in [3.8, 4) is 5.75 Å². The molecule has 1 N–H and O–H groups in total. The number of rotatable bonds is 6. The van der Waals surface area contributed by atoms with Crippen LogP contribution in [-0.2, 0) is 0 Å². The maximum atomic E-state index is 12.1. The third-order valence-electron chi connectivity index (χ3n) is 3.55. The average Bonchev–Trinajstić information content (AvgIpc) is 2.99. The summed E-state index contributed by atoms with van der Waals surface area (Å²) in [6.45, 7) is 3.54. The van der Waals surface area contributed by atoms with Crippen LogP contribution in [0.15, 0.2) is 18.2 Å². The Hall–Kier alpha value is -2.15. The van der Waals surface area contributed by atoms with Gasteiger partial charge in [-0.1, -0.05) is 0 Å². The Morgan fingerprint density at radius 2 is 2.14 bits per heavy atom. The Balaban J connectivity index is 1.96. The number of nitrogens with zero attached hydrogens (tertiary/aromatic N) is 2. The first-order valence-corrected chi connectivity index (χ1v) is 6.95. The van der Waals surface area contributed by atoms with Gasteiger partial charge in [0.05, 0.1) is 23.7 Å². The highest BCUT2D eigenvalue weighted by Gasteiger charge is 2.17. The van der Waals surface area contributed by atoms with Crippen LogP contribution in [0.2, 0.25) is 0 Å². The molecule has 1 aliphatic heterocycles. The normalized spacial score (nSPS) is 14.9. The van der Waals surface area contributed by atoms with Gasteiger partial charge in [-0.2, -0.15) is 0 Å². The third-order valence-corrected chi connectivity index (χ3v) is 3.55. The molecular weight excluding hydrogens is 274 g/mol. The summed E-state index contributed by atoms with van der Waals surface area (Å²) in [6, 6.07) is 3.98. The fourth-order valence-corrected chi connectivity index (χ4v) is 2.41. The molecule has 0 aromatic heterocycles. The number of likely N-dealkylation sites (tertiary alicyclic amines) is 1. The van der Waals surface area contributed by atoms with Crippen molar-refractivity contribution in [1.29, 1.82) is 0 Å². The van der Waals surface area contributed by atoms with E-state index < -0.39 is 4.92 Å². The number of nitro benzene ring substituents is 1. The number of amides is 1. The molecule has 1 heterocycles. The van der Waals surface area contributed by atoms with E-state index in [9.17, 15) is 14.9 Å². The standard InChI is InChI=1S/C14H19N3O4/c1-21-13-10-11(17(19)20)4-5-12(13)14(18)15-6-9-16-7-2-3-8-16/h4-5,10H,2-3,6-9H2,1H3,(H,15,18). The molecule has 114 valence electrons. The van der Waals surface area contributed by atoms with Gasteiger partial charge in [-0.05, 0) is 32.0 Å². The second-order valence-corrected chi connectivity index (χ2v) is 4.95. The van der Waals surface area contributed by atoms with E-state index in [0.717, 1.165) is 19.6 Å². The number of methoxy groups -OCH3 is 1. The van der Waals surface area contributed by atoms with Crippen LogP contribution in [0, 0.1) is 10.1 Å². The van der Waals surface area contributed by atoms with Crippen molar-refractivity contribution in [2.45, 2.75) is 12.8 Å². The van der Waals surface area contributed by atoms with E-state index in [0.29, 0.717) is 12.1 Å². The number of carbonyl (C=O) groups is 1. The highest BCUT2D eigenvalue weighted by Crippen LogP contribution is 2.24. The van der Waals surface area contributed by atoms with E-state index in [-0.39, 0.29) is 17.3 Å². The van der Waals surface area contributed by atoms with Gasteiger partial charge in [0.1, 0.15) is 5.75 Å². The number of hydrogen-bond donors (Lipinski definition) is 1. The first-order chi connectivity index (χ1) is 10.1. The van der Waals surface area contributed by atoms with Crippen molar-refractivity contribution >= 4 is 11.6 Å². The zero-order chi connectivity index (χ0) is 15.2. The third kappa shape index (κ3) is 3.91. The number of non-ortho nitro benzene ring substituents is 1. The molecule has 21 heavy (non-hydrogen) atoms. The molecule has 0 atom stereocenters. The van der Waals surface area contributed by atoms with E-state index in [1.165, 1.54) is 38.2 Å². The molecule has 0 unspecified atom stereocenters. The fourth-order valence-electron chi connectivity index (χ4n) is 2.41. The minimum Gasteiger partial charge on any atom is -0.496 e. The first-order valence-electron chi connectivity index (χ1n) is 6.95. The largest absolute Gasteiger partial charge is 0.496 e. The van der Waals surface area contributed by atoms with E-state index in [1.807, 2.05) is 0 Å². The topological polar surface area (TPSA) is 84.7 Å². The highest BCUT2D eigenvalue weighted by molar-refractivity contribution is 5.97. The van der Waals surface area contributed by atoms with Crippen molar-refractivity contribution in [1.82, 2.24) is 10.2 Å². The van der Waals surface area contributed by atoms with Gasteiger partial charge < -0.3 is 15.0 Å². The van der Waals surface area contributed by atoms with Gasteiger partial charge in [-0.25, -0.2) is 0 Å². The van der Waals surface area contributed by atoms with Crippen LogP contribution in [0.1, 0.15) is 23.2 Å². The molecule has 1 fully saturated rings. The van der Waals surface area contributed by atoms with Crippen molar-refractivity contribution in [2.75, 3.05) is 33.3 Å². The fraction of sp³-hybridized carbons (Fsp3) is 0.500. The van der Waals surface area contributed by atoms with E-state index in [4.69, 9.17) is 4.74 Å². The van der Waals surface area contributed by atoms with Crippen LogP contribution in [-0.4, -0.2) is 49.0 Å². The lowest BCUT2D eigenvalue weighted by Gasteiger charge is -2.15. The van der Waals surface area contributed by atoms with Gasteiger partial charge in [0.15, 0.2) is 0 Å². The molecule has 2 rings (SSSR count). The number of hydrogen-bond acceptors (Lipinski definition) is 5. The average molecular weight is 293 g/mol. The number of ether oxygens (including phenoxy) is 1. The molecule has 0 bridgehead atoms. The van der Waals surface area contributed by atoms with Gasteiger partial charge >= 0.3 is 0 Å². The summed E-state index contributed by atoms with van der Waals surface area (Å²) in [5.41, 5.74) is 0.213. The molecule has 0 aliphatic carbocycles. The lowest BCUT2D eigenvalue weighted by Crippen LogP contribution is -2.33. The summed E-state index contributed by atoms with van der Waals surface area (Å²) in [5, 5.41) is 13.5. The van der Waals surface area contributed by atoms with Gasteiger partial charge in [0.25, 0.3) is 11.6 Å². The van der Waals surface area contributed by atoms with Crippen LogP contribution in [0.5, 0.6) is 5.75 Å². The highest BCUT2D eigenvalue weighted by atomic mass is 16.6. The Labute approximate surface area is 123 Å². The Bertz CT molecular complexity index is 527. The van der Waals surface area contributed by atoms with Gasteiger partial charge in [-0.3, -0.25) is 14.9 Å². The van der Waals surface area contributed by atoms with Crippen molar-refractivity contribution in [3.63, 3.8) is 0 Å². The predicted molar refractivity (Wildman–Crippen MR) is 77.7 cm³/mol. The number of nitro groups is 1. The number of carbonyl (C=O) groups excluding carboxylic acids is 1. The summed E-state index contributed by atoms with van der Waals surface area (Å²) in [7, 11) is 1.39. The molecule has 0 saturated carbocycles. The quantitative estimate of drug-likeness (QED) is 0.633. The van der Waals surface area contributed by atoms with E-state index >= 15 is 0 Å². The summed E-state index contributed by atoms with van der Waals surface area (Å²) < 4.78 is 5.06. The Kier molecular flexibility index (Phi) is 5.10. The zero-order valence-electron chi connectivity index (χ0n) is 12.0. The van der Waals surface area contributed by atoms with Crippen LogP contribution in [0.3, 0.4) is 0 Å². The summed E-state index contributed by atoms with van der Waals surface area (Å²) in [4.78, 5) is 24.6. The number of benzene rings is 1. The smallest absolute Gasteiger partial charge is 0.273 e. The minimum atomic E-state index is -0.516. The van der Waals surface area contributed by atoms with Crippen molar-refractivity contribution in [2.24, 2.45) is 0 Å². The second kappa shape index (κ2) is 7.03. The molecule has 1 amide bonds. The monoisotopic (exact) mass is 293 g/mol. The lowest BCUT2D eigenvalue weighted by atomic mass is 10.1. The number of nitrogens with one attached hydrogen (secondary N) is 1. The molecule has 0 spiro atoms. The summed E-state index contributed by atoms with van der Waals surface area (Å²) in [5.74, 6) is -0.0659. The first kappa shape index (κ1) is 15.2. The molecule has 1 saturated heterocycles. The van der Waals surface area contributed by atoms with Gasteiger partial charge in [0, 0.05) is 19.2 Å². The lowest BCUT2D eigenvalue weighted by molar-refractivity contribution is -0.384. The molecule has 0 radical (unpaired) electrons. The summed E-state index contributed by atoms with van der Waals surface area (Å²) >= 11 is 0. The van der Waals surface area contributed by atoms with Gasteiger partial charge in [0.2, 0.25) is 0 Å². The molecular formula is C14H19N3O4. The van der Waals surface area contributed by atoms with Gasteiger partial charge in [-0.15, -0.1) is 0 Å². The van der Waals surface area contributed by atoms with Crippen molar-refractivity contribution in [3.05, 3.63) is 33.9 Å². The van der Waals surface area contributed by atoms with Crippen LogP contribution < -0.4 is 10.1 Å². The maximum absolute atomic E-state index is 12.1. The predicted octanol–water partition coefficient (Wildman–Crippen LogP) is 1.43. The van der Waals surface area contributed by atoms with Crippen molar-refractivity contribution < 1.29 is 14.5 Å². The maximum Gasteiger partial charge on any atom is 0.273 e. The molecule has 7 heteroatoms. The summed E-state index contributed by atoms with van der Waals surface area (Å²) in [6.07, 6.45) is 2.42. The van der Waals surface area contributed by atoms with Crippen LogP contribution >= 0.6 is 0 Å². The second-order valence-electron chi connectivity index (χ2n) is 4.95. The SMILES string of the molecule is COc1cc([N+](=O)[O-])ccc1C(=O)NCCN1CCCC1.